The molecule has 2 atom stereocenters. The minimum absolute atomic E-state index is 0.0548. The minimum atomic E-state index is -0.573. The molecule has 0 saturated carbocycles. The zero-order valence-electron chi connectivity index (χ0n) is 11.8. The maximum absolute atomic E-state index is 9.10. The molecule has 2 unspecified atom stereocenters. The third-order valence-electron chi connectivity index (χ3n) is 3.16. The zero-order valence-corrected chi connectivity index (χ0v) is 11.8. The van der Waals surface area contributed by atoms with Crippen molar-refractivity contribution in [2.45, 2.75) is 38.3 Å². The molecule has 4 nitrogen and oxygen atoms in total. The molecule has 0 aliphatic rings. The molecule has 0 spiro atoms. The Balaban J connectivity index is 2.57. The summed E-state index contributed by atoms with van der Waals surface area (Å²) in [6, 6.07) is 9.93. The monoisotopic (exact) mass is 262 g/mol. The zero-order chi connectivity index (χ0) is 14.3. The molecule has 104 valence electrons. The molecule has 0 radical (unpaired) electrons. The Morgan fingerprint density at radius 2 is 2.05 bits per heavy atom. The van der Waals surface area contributed by atoms with Crippen LogP contribution in [0.25, 0.3) is 0 Å². The quantitative estimate of drug-likeness (QED) is 0.787. The molecule has 1 aromatic carbocycles. The van der Waals surface area contributed by atoms with Crippen LogP contribution in [-0.2, 0) is 6.42 Å². The first-order chi connectivity index (χ1) is 9.03. The lowest BCUT2D eigenvalue weighted by Gasteiger charge is -2.25. The number of hydrogen-bond donors (Lipinski definition) is 2. The summed E-state index contributed by atoms with van der Waals surface area (Å²) in [5.41, 5.74) is 0.510. The van der Waals surface area contributed by atoms with Crippen molar-refractivity contribution in [3.63, 3.8) is 0 Å². The first-order valence-electron chi connectivity index (χ1n) is 6.49. The molecule has 0 aliphatic heterocycles. The summed E-state index contributed by atoms with van der Waals surface area (Å²) in [6.07, 6.45) is 1.21. The molecule has 0 bridgehead atoms. The highest BCUT2D eigenvalue weighted by Crippen LogP contribution is 2.18. The van der Waals surface area contributed by atoms with E-state index in [9.17, 15) is 0 Å². The Morgan fingerprint density at radius 1 is 1.42 bits per heavy atom. The summed E-state index contributed by atoms with van der Waals surface area (Å²) in [6.45, 7) is 3.96. The van der Waals surface area contributed by atoms with Crippen LogP contribution in [0, 0.1) is 11.3 Å². The lowest BCUT2D eigenvalue weighted by molar-refractivity contribution is 0.182. The number of nitrogens with one attached hydrogen (secondary N) is 1. The average molecular weight is 262 g/mol. The van der Waals surface area contributed by atoms with Gasteiger partial charge in [-0.05, 0) is 45.0 Å². The molecule has 0 aliphatic carbocycles. The Hall–Kier alpha value is -1.57. The highest BCUT2D eigenvalue weighted by atomic mass is 16.5. The van der Waals surface area contributed by atoms with E-state index in [-0.39, 0.29) is 12.7 Å². The summed E-state index contributed by atoms with van der Waals surface area (Å²) < 4.78 is 5.79. The van der Waals surface area contributed by atoms with Crippen molar-refractivity contribution in [3.05, 3.63) is 29.8 Å². The van der Waals surface area contributed by atoms with Crippen molar-refractivity contribution in [3.8, 4) is 11.8 Å². The van der Waals surface area contributed by atoms with Crippen molar-refractivity contribution in [1.29, 1.82) is 5.26 Å². The Morgan fingerprint density at radius 3 is 2.53 bits per heavy atom. The molecule has 1 aromatic rings. The number of hydrogen-bond acceptors (Lipinski definition) is 4. The highest BCUT2D eigenvalue weighted by Gasteiger charge is 2.25. The van der Waals surface area contributed by atoms with Crippen LogP contribution in [0.3, 0.4) is 0 Å². The Labute approximate surface area is 115 Å². The van der Waals surface area contributed by atoms with Gasteiger partial charge in [0, 0.05) is 13.0 Å². The normalized spacial score (nSPS) is 15.3. The fourth-order valence-electron chi connectivity index (χ4n) is 1.92. The van der Waals surface area contributed by atoms with Crippen LogP contribution in [0.1, 0.15) is 25.8 Å². The van der Waals surface area contributed by atoms with Gasteiger partial charge >= 0.3 is 0 Å². The van der Waals surface area contributed by atoms with Gasteiger partial charge in [-0.25, -0.2) is 0 Å². The molecule has 2 N–H and O–H groups in total. The lowest BCUT2D eigenvalue weighted by atomic mass is 9.97. The van der Waals surface area contributed by atoms with Gasteiger partial charge in [-0.2, -0.15) is 5.26 Å². The third-order valence-corrected chi connectivity index (χ3v) is 3.16. The number of aliphatic hydroxyl groups excluding tert-OH is 1. The van der Waals surface area contributed by atoms with Gasteiger partial charge in [0.15, 0.2) is 0 Å². The van der Waals surface area contributed by atoms with E-state index in [0.717, 1.165) is 11.3 Å². The number of aliphatic hydroxyl groups is 1. The van der Waals surface area contributed by atoms with E-state index >= 15 is 0 Å². The van der Waals surface area contributed by atoms with Gasteiger partial charge in [-0.1, -0.05) is 12.1 Å². The molecule has 0 fully saturated rings. The number of ether oxygens (including phenoxy) is 1. The van der Waals surface area contributed by atoms with E-state index in [1.807, 2.05) is 38.1 Å². The van der Waals surface area contributed by atoms with Crippen LogP contribution in [-0.4, -0.2) is 30.4 Å². The molecule has 4 heteroatoms. The summed E-state index contributed by atoms with van der Waals surface area (Å²) in [4.78, 5) is 0. The first-order valence-corrected chi connectivity index (χ1v) is 6.49. The van der Waals surface area contributed by atoms with Crippen molar-refractivity contribution in [2.24, 2.45) is 0 Å². The molecule has 0 heterocycles. The average Bonchev–Trinajstić information content (AvgIpc) is 2.41. The molecule has 19 heavy (non-hydrogen) atoms. The smallest absolute Gasteiger partial charge is 0.119 e. The van der Waals surface area contributed by atoms with Crippen molar-refractivity contribution < 1.29 is 9.84 Å². The van der Waals surface area contributed by atoms with Gasteiger partial charge in [0.2, 0.25) is 0 Å². The van der Waals surface area contributed by atoms with Gasteiger partial charge in [0.1, 0.15) is 11.3 Å². The van der Waals surface area contributed by atoms with Crippen LogP contribution in [0.2, 0.25) is 0 Å². The van der Waals surface area contributed by atoms with Crippen LogP contribution in [0.15, 0.2) is 24.3 Å². The predicted octanol–water partition coefficient (Wildman–Crippen LogP) is 1.88. The summed E-state index contributed by atoms with van der Waals surface area (Å²) in [5.74, 6) is 0.783. The van der Waals surface area contributed by atoms with E-state index < -0.39 is 5.54 Å². The van der Waals surface area contributed by atoms with Crippen molar-refractivity contribution in [2.75, 3.05) is 13.7 Å². The lowest BCUT2D eigenvalue weighted by Crippen LogP contribution is -2.41. The van der Waals surface area contributed by atoms with Gasteiger partial charge in [-0.15, -0.1) is 0 Å². The second-order valence-electron chi connectivity index (χ2n) is 4.94. The Bertz CT molecular complexity index is 425. The largest absolute Gasteiger partial charge is 0.491 e. The fourth-order valence-corrected chi connectivity index (χ4v) is 1.92. The van der Waals surface area contributed by atoms with E-state index in [4.69, 9.17) is 15.1 Å². The van der Waals surface area contributed by atoms with Gasteiger partial charge in [0.05, 0.1) is 12.2 Å². The standard InChI is InChI=1S/C15H22N2O2/c1-12(10-15(2,11-16)17-3)19-14-6-4-13(5-7-14)8-9-18/h4-7,12,17-18H,8-10H2,1-3H3. The van der Waals surface area contributed by atoms with Gasteiger partial charge < -0.3 is 15.2 Å². The minimum Gasteiger partial charge on any atom is -0.491 e. The second-order valence-corrected chi connectivity index (χ2v) is 4.94. The molecule has 0 saturated heterocycles. The van der Waals surface area contributed by atoms with Crippen LogP contribution < -0.4 is 10.1 Å². The maximum Gasteiger partial charge on any atom is 0.119 e. The molecule has 1 rings (SSSR count). The van der Waals surface area contributed by atoms with Crippen molar-refractivity contribution in [1.82, 2.24) is 5.32 Å². The second kappa shape index (κ2) is 7.13. The first kappa shape index (κ1) is 15.5. The number of rotatable bonds is 7. The van der Waals surface area contributed by atoms with Gasteiger partial charge in [0.25, 0.3) is 0 Å². The van der Waals surface area contributed by atoms with Gasteiger partial charge in [-0.3, -0.25) is 0 Å². The third kappa shape index (κ3) is 4.90. The summed E-state index contributed by atoms with van der Waals surface area (Å²) in [5, 5.41) is 21.0. The predicted molar refractivity (Wildman–Crippen MR) is 75.0 cm³/mol. The number of nitriles is 1. The Kier molecular flexibility index (Phi) is 5.81. The fraction of sp³-hybridized carbons (Fsp3) is 0.533. The number of nitrogens with zero attached hydrogens (tertiary/aromatic N) is 1. The number of benzene rings is 1. The van der Waals surface area contributed by atoms with E-state index in [2.05, 4.69) is 11.4 Å². The molecular formula is C15H22N2O2. The van der Waals surface area contributed by atoms with Crippen LogP contribution in [0.5, 0.6) is 5.75 Å². The summed E-state index contributed by atoms with van der Waals surface area (Å²) in [7, 11) is 1.78. The van der Waals surface area contributed by atoms with Crippen LogP contribution >= 0.6 is 0 Å². The molecule has 0 amide bonds. The van der Waals surface area contributed by atoms with E-state index in [1.165, 1.54) is 0 Å². The maximum atomic E-state index is 9.10. The topological polar surface area (TPSA) is 65.3 Å². The molecular weight excluding hydrogens is 240 g/mol. The van der Waals surface area contributed by atoms with E-state index in [1.54, 1.807) is 7.05 Å². The molecule has 0 aromatic heterocycles. The summed E-state index contributed by atoms with van der Waals surface area (Å²) >= 11 is 0. The van der Waals surface area contributed by atoms with E-state index in [0.29, 0.717) is 12.8 Å². The van der Waals surface area contributed by atoms with Crippen molar-refractivity contribution >= 4 is 0 Å². The van der Waals surface area contributed by atoms with Crippen LogP contribution in [0.4, 0.5) is 0 Å². The highest BCUT2D eigenvalue weighted by molar-refractivity contribution is 5.27. The SMILES string of the molecule is CNC(C)(C#N)CC(C)Oc1ccc(CCO)cc1.